The lowest BCUT2D eigenvalue weighted by molar-refractivity contribution is -0.874. The zero-order valence-electron chi connectivity index (χ0n) is 45.0. The molecule has 17 heteroatoms. The fraction of sp³-hybridized carbons (Fsp3) is 0.727. The molecule has 2 unspecified atom stereocenters. The highest BCUT2D eigenvalue weighted by molar-refractivity contribution is 5.90. The van der Waals surface area contributed by atoms with Crippen molar-refractivity contribution in [2.24, 2.45) is 23.7 Å². The van der Waals surface area contributed by atoms with Gasteiger partial charge in [0.2, 0.25) is 12.4 Å². The summed E-state index contributed by atoms with van der Waals surface area (Å²) >= 11 is 0. The number of benzene rings is 2. The van der Waals surface area contributed by atoms with E-state index < -0.39 is 131 Å². The molecular formula is C55H81NO16. The summed E-state index contributed by atoms with van der Waals surface area (Å²) in [6, 6.07) is 16.5. The van der Waals surface area contributed by atoms with E-state index in [0.29, 0.717) is 30.6 Å². The number of fused-ring (bicyclic) bond motifs is 3. The largest absolute Gasteiger partial charge is 0.633 e. The number of ether oxygens (including phenoxy) is 12. The maximum atomic E-state index is 15.1. The summed E-state index contributed by atoms with van der Waals surface area (Å²) in [5.74, 6) is -4.95. The van der Waals surface area contributed by atoms with E-state index in [1.54, 1.807) is 82.7 Å². The SMILES string of the molecule is CC[C@H]1OC(=O)[C@H](C)[C@@H](OC2C[C@@](C)(OC)[C@@H](OC(=O)c3ccccc3)[C@H](C)O2)[C@H](C)[C@@H](OC2O[C@H](C)C[C@H]([N+](C)(C)[O-])[C@H]2OC(=O)c2ccccc2)[C@@](C)(OC)C[C@@H](C)[C@@H]2OC(C)(C)O[C@H]([C@H]2C)[C@@]12CO2. The Kier molecular flexibility index (Phi) is 17.1. The van der Waals surface area contributed by atoms with Crippen LogP contribution >= 0.6 is 0 Å². The number of rotatable bonds is 12. The molecule has 5 heterocycles. The van der Waals surface area contributed by atoms with E-state index in [4.69, 9.17) is 56.8 Å². The maximum absolute atomic E-state index is 15.1. The molecule has 0 N–H and O–H groups in total. The molecule has 0 aliphatic carbocycles. The van der Waals surface area contributed by atoms with Crippen LogP contribution in [0.3, 0.4) is 0 Å². The second-order valence-electron chi connectivity index (χ2n) is 22.4. The van der Waals surface area contributed by atoms with Gasteiger partial charge >= 0.3 is 17.9 Å². The Labute approximate surface area is 426 Å². The number of cyclic esters (lactones) is 1. The third-order valence-corrected chi connectivity index (χ3v) is 16.1. The van der Waals surface area contributed by atoms with Crippen LogP contribution in [0.1, 0.15) is 123 Å². The molecule has 5 saturated heterocycles. The Hall–Kier alpha value is -3.59. The van der Waals surface area contributed by atoms with E-state index in [1.807, 2.05) is 54.5 Å². The average molecular weight is 1010 g/mol. The minimum atomic E-state index is -1.29. The lowest BCUT2D eigenvalue weighted by Crippen LogP contribution is -2.64. The molecule has 2 aromatic carbocycles. The highest BCUT2D eigenvalue weighted by atomic mass is 16.7. The van der Waals surface area contributed by atoms with E-state index in [1.165, 1.54) is 14.1 Å². The lowest BCUT2D eigenvalue weighted by Gasteiger charge is -2.53. The molecule has 2 bridgehead atoms. The molecule has 5 aliphatic rings. The highest BCUT2D eigenvalue weighted by Crippen LogP contribution is 2.51. The quantitative estimate of drug-likeness (QED) is 0.0658. The zero-order chi connectivity index (χ0) is 52.7. The molecular weight excluding hydrogens is 931 g/mol. The number of methoxy groups -OCH3 is 2. The molecule has 2 aromatic rings. The monoisotopic (exact) mass is 1010 g/mol. The van der Waals surface area contributed by atoms with Crippen LogP contribution in [0.2, 0.25) is 0 Å². The molecule has 0 amide bonds. The molecule has 1 spiro atoms. The molecule has 7 rings (SSSR count). The summed E-state index contributed by atoms with van der Waals surface area (Å²) in [6.45, 7) is 21.3. The molecule has 0 aromatic heterocycles. The van der Waals surface area contributed by atoms with Gasteiger partial charge in [-0.25, -0.2) is 9.59 Å². The van der Waals surface area contributed by atoms with Gasteiger partial charge in [-0.1, -0.05) is 64.1 Å². The van der Waals surface area contributed by atoms with Gasteiger partial charge in [0.25, 0.3) is 0 Å². The van der Waals surface area contributed by atoms with E-state index in [2.05, 4.69) is 13.8 Å². The van der Waals surface area contributed by atoms with Gasteiger partial charge in [-0.3, -0.25) is 4.79 Å². The van der Waals surface area contributed by atoms with Crippen LogP contribution in [-0.2, 0) is 61.6 Å². The van der Waals surface area contributed by atoms with Gasteiger partial charge in [-0.05, 0) is 91.5 Å². The van der Waals surface area contributed by atoms with Gasteiger partial charge in [0, 0.05) is 38.9 Å². The number of quaternary nitrogens is 1. The van der Waals surface area contributed by atoms with E-state index in [-0.39, 0.29) is 24.7 Å². The van der Waals surface area contributed by atoms with Crippen LogP contribution in [0.15, 0.2) is 60.7 Å². The second kappa shape index (κ2) is 21.9. The first kappa shape index (κ1) is 56.1. The van der Waals surface area contributed by atoms with Crippen molar-refractivity contribution in [1.82, 2.24) is 0 Å². The number of likely N-dealkylation sites (N-methyl/N-ethyl adjacent to an activating group) is 1. The van der Waals surface area contributed by atoms with Gasteiger partial charge in [0.15, 0.2) is 23.8 Å². The Bertz CT molecular complexity index is 2150. The predicted octanol–water partition coefficient (Wildman–Crippen LogP) is 7.79. The van der Waals surface area contributed by atoms with Gasteiger partial charge < -0.3 is 66.7 Å². The Morgan fingerprint density at radius 2 is 1.32 bits per heavy atom. The molecule has 17 nitrogen and oxygen atoms in total. The van der Waals surface area contributed by atoms with E-state index in [9.17, 15) is 14.8 Å². The van der Waals surface area contributed by atoms with Crippen LogP contribution in [0, 0.1) is 28.9 Å². The third-order valence-electron chi connectivity index (χ3n) is 16.1. The minimum absolute atomic E-state index is 0.0921. The Balaban J connectivity index is 1.32. The fourth-order valence-electron chi connectivity index (χ4n) is 12.0. The average Bonchev–Trinajstić information content (AvgIpc) is 4.15. The van der Waals surface area contributed by atoms with Crippen molar-refractivity contribution in [3.05, 3.63) is 77.0 Å². The molecule has 5 aliphatic heterocycles. The van der Waals surface area contributed by atoms with Crippen molar-refractivity contribution in [2.75, 3.05) is 34.9 Å². The molecule has 402 valence electrons. The van der Waals surface area contributed by atoms with Gasteiger partial charge in [0.1, 0.15) is 23.9 Å². The Morgan fingerprint density at radius 3 is 1.86 bits per heavy atom. The predicted molar refractivity (Wildman–Crippen MR) is 263 cm³/mol. The normalized spacial score (nSPS) is 41.6. The van der Waals surface area contributed by atoms with Gasteiger partial charge in [-0.15, -0.1) is 0 Å². The molecule has 0 radical (unpaired) electrons. The number of epoxide rings is 1. The smallest absolute Gasteiger partial charge is 0.338 e. The summed E-state index contributed by atoms with van der Waals surface area (Å²) in [7, 11) is 6.19. The van der Waals surface area contributed by atoms with Crippen LogP contribution in [0.25, 0.3) is 0 Å². The van der Waals surface area contributed by atoms with Crippen LogP contribution < -0.4 is 0 Å². The van der Waals surface area contributed by atoms with Crippen LogP contribution in [-0.4, -0.2) is 154 Å². The van der Waals surface area contributed by atoms with E-state index >= 15 is 4.79 Å². The Morgan fingerprint density at radius 1 is 0.750 bits per heavy atom. The number of hydrogen-bond acceptors (Lipinski definition) is 16. The topological polar surface area (TPSA) is 188 Å². The number of hydroxylamine groups is 3. The van der Waals surface area contributed by atoms with Crippen molar-refractivity contribution in [3.8, 4) is 0 Å². The summed E-state index contributed by atoms with van der Waals surface area (Å²) in [4.78, 5) is 42.5. The first-order valence-electron chi connectivity index (χ1n) is 25.8. The minimum Gasteiger partial charge on any atom is -0.633 e. The molecule has 19 atom stereocenters. The highest BCUT2D eigenvalue weighted by Gasteiger charge is 2.66. The first-order valence-corrected chi connectivity index (χ1v) is 25.8. The van der Waals surface area contributed by atoms with Gasteiger partial charge in [-0.2, -0.15) is 0 Å². The van der Waals surface area contributed by atoms with Crippen molar-refractivity contribution >= 4 is 17.9 Å². The van der Waals surface area contributed by atoms with Crippen LogP contribution in [0.4, 0.5) is 0 Å². The van der Waals surface area contributed by atoms with Crippen molar-refractivity contribution in [3.63, 3.8) is 0 Å². The number of hydrogen-bond donors (Lipinski definition) is 0. The van der Waals surface area contributed by atoms with E-state index in [0.717, 1.165) is 0 Å². The molecule has 5 fully saturated rings. The second-order valence-corrected chi connectivity index (χ2v) is 22.4. The number of carbonyl (C=O) groups is 3. The van der Waals surface area contributed by atoms with Crippen molar-refractivity contribution in [1.29, 1.82) is 0 Å². The standard InChI is InChI=1S/C55H81NO16/c1-16-40-55(30-63-55)46-33(4)42(71-52(8,9)72-46)31(2)28-53(10,61-14)45(70-51-44(39(56(12,13)60)27-32(3)64-51)68-49(58)37-23-19-17-20-24-37)34(5)43(35(6)48(57)66-40)67-41-29-54(11,62-15)47(36(7)65-41)69-50(59)38-25-21-18-22-26-38/h17-26,31-36,39-47,51H,16,27-30H2,1-15H3/t31-,32-,33+,34+,35-,36+,39+,40-,41?,42+,43+,44-,45-,46-,47+,51?,53+,54-,55-/m1/s1. The fourth-order valence-corrected chi connectivity index (χ4v) is 12.0. The summed E-state index contributed by atoms with van der Waals surface area (Å²) < 4.78 is 78.7. The van der Waals surface area contributed by atoms with Crippen molar-refractivity contribution < 1.29 is 75.9 Å². The zero-order valence-corrected chi connectivity index (χ0v) is 45.0. The van der Waals surface area contributed by atoms with Gasteiger partial charge in [0.05, 0.1) is 73.9 Å². The number of carbonyl (C=O) groups excluding carboxylic acids is 3. The molecule has 72 heavy (non-hydrogen) atoms. The first-order chi connectivity index (χ1) is 33.8. The van der Waals surface area contributed by atoms with Crippen LogP contribution in [0.5, 0.6) is 0 Å². The summed E-state index contributed by atoms with van der Waals surface area (Å²) in [5.41, 5.74) is -2.58. The third kappa shape index (κ3) is 11.8. The number of esters is 3. The lowest BCUT2D eigenvalue weighted by atomic mass is 9.73. The maximum Gasteiger partial charge on any atom is 0.338 e. The molecule has 0 saturated carbocycles. The number of nitrogens with zero attached hydrogens (tertiary/aromatic N) is 1. The summed E-state index contributed by atoms with van der Waals surface area (Å²) in [5, 5.41) is 14.1. The summed E-state index contributed by atoms with van der Waals surface area (Å²) in [6.07, 6.45) is -8.06. The van der Waals surface area contributed by atoms with Crippen molar-refractivity contribution in [2.45, 2.75) is 198 Å².